The molecule has 2 amide bonds. The summed E-state index contributed by atoms with van der Waals surface area (Å²) in [5.74, 6) is 0.354. The zero-order valence-electron chi connectivity index (χ0n) is 17.8. The number of carbonyl (C=O) groups excluding carboxylic acids is 2. The maximum absolute atomic E-state index is 12.7. The van der Waals surface area contributed by atoms with Crippen molar-refractivity contribution < 1.29 is 24.2 Å². The van der Waals surface area contributed by atoms with Gasteiger partial charge in [0, 0.05) is 38.1 Å². The Morgan fingerprint density at radius 1 is 1.23 bits per heavy atom. The monoisotopic (exact) mass is 431 g/mol. The molecular formula is C23H33N3O5. The minimum atomic E-state index is -0.795. The van der Waals surface area contributed by atoms with Crippen LogP contribution in [0.15, 0.2) is 30.3 Å². The molecule has 2 aliphatic heterocycles. The summed E-state index contributed by atoms with van der Waals surface area (Å²) < 4.78 is 11.4. The fraction of sp³-hybridized carbons (Fsp3) is 0.652. The van der Waals surface area contributed by atoms with Gasteiger partial charge in [0.15, 0.2) is 0 Å². The van der Waals surface area contributed by atoms with E-state index in [0.717, 1.165) is 37.9 Å². The number of benzene rings is 1. The molecule has 1 aromatic rings. The molecule has 6 atom stereocenters. The normalized spacial score (nSPS) is 29.3. The van der Waals surface area contributed by atoms with Crippen LogP contribution in [0.25, 0.3) is 0 Å². The van der Waals surface area contributed by atoms with E-state index in [-0.39, 0.29) is 30.1 Å². The third-order valence-corrected chi connectivity index (χ3v) is 6.63. The number of fused-ring (bicyclic) bond motifs is 1. The Hall–Kier alpha value is -2.16. The molecule has 0 bridgehead atoms. The topological polar surface area (TPSA) is 109 Å². The van der Waals surface area contributed by atoms with Gasteiger partial charge in [-0.2, -0.15) is 0 Å². The van der Waals surface area contributed by atoms with E-state index in [1.54, 1.807) is 0 Å². The standard InChI is InChI=1S/C23H33N3O5/c27-19(14-24-13-16-6-9-22(28)25-16)18(12-15-4-2-1-3-5-15)26-23(29)31-21-8-7-20-17(21)10-11-30-20/h1-5,16-21,24,27H,6-14H2,(H,25,28)(H,26,29)/t16-,17+,18-,19-,20+,21-/m0/s1. The molecule has 4 N–H and O–H groups in total. The molecule has 31 heavy (non-hydrogen) atoms. The molecular weight excluding hydrogens is 398 g/mol. The number of hydrogen-bond donors (Lipinski definition) is 4. The molecule has 4 rings (SSSR count). The lowest BCUT2D eigenvalue weighted by molar-refractivity contribution is -0.119. The van der Waals surface area contributed by atoms with E-state index in [1.165, 1.54) is 0 Å². The molecule has 0 radical (unpaired) electrons. The molecule has 2 heterocycles. The van der Waals surface area contributed by atoms with Crippen LogP contribution < -0.4 is 16.0 Å². The average Bonchev–Trinajstić information content (AvgIpc) is 3.47. The molecule has 1 aliphatic carbocycles. The van der Waals surface area contributed by atoms with Crippen molar-refractivity contribution in [1.29, 1.82) is 0 Å². The number of amides is 2. The average molecular weight is 432 g/mol. The maximum atomic E-state index is 12.7. The number of aliphatic hydroxyl groups is 1. The lowest BCUT2D eigenvalue weighted by atomic mass is 10.0. The second-order valence-corrected chi connectivity index (χ2v) is 8.85. The summed E-state index contributed by atoms with van der Waals surface area (Å²) in [6.45, 7) is 1.64. The maximum Gasteiger partial charge on any atom is 0.407 e. The Labute approximate surface area is 183 Å². The van der Waals surface area contributed by atoms with Crippen LogP contribution in [-0.4, -0.2) is 67.2 Å². The van der Waals surface area contributed by atoms with Gasteiger partial charge in [0.05, 0.1) is 18.2 Å². The van der Waals surface area contributed by atoms with Crippen LogP contribution in [0.4, 0.5) is 4.79 Å². The van der Waals surface area contributed by atoms with E-state index in [4.69, 9.17) is 9.47 Å². The van der Waals surface area contributed by atoms with E-state index >= 15 is 0 Å². The predicted octanol–water partition coefficient (Wildman–Crippen LogP) is 1.12. The summed E-state index contributed by atoms with van der Waals surface area (Å²) in [6, 6.07) is 9.38. The Kier molecular flexibility index (Phi) is 7.42. The number of hydrogen-bond acceptors (Lipinski definition) is 6. The van der Waals surface area contributed by atoms with Crippen molar-refractivity contribution in [3.63, 3.8) is 0 Å². The number of carbonyl (C=O) groups is 2. The predicted molar refractivity (Wildman–Crippen MR) is 114 cm³/mol. The molecule has 0 spiro atoms. The summed E-state index contributed by atoms with van der Waals surface area (Å²) in [7, 11) is 0. The highest BCUT2D eigenvalue weighted by Gasteiger charge is 2.42. The van der Waals surface area contributed by atoms with Crippen molar-refractivity contribution in [2.45, 2.75) is 68.9 Å². The van der Waals surface area contributed by atoms with E-state index in [9.17, 15) is 14.7 Å². The minimum Gasteiger partial charge on any atom is -0.446 e. The summed E-state index contributed by atoms with van der Waals surface area (Å²) >= 11 is 0. The zero-order valence-corrected chi connectivity index (χ0v) is 17.8. The highest BCUT2D eigenvalue weighted by atomic mass is 16.6. The summed E-state index contributed by atoms with van der Waals surface area (Å²) in [5, 5.41) is 19.8. The minimum absolute atomic E-state index is 0.0699. The van der Waals surface area contributed by atoms with Gasteiger partial charge in [-0.25, -0.2) is 4.79 Å². The van der Waals surface area contributed by atoms with Gasteiger partial charge < -0.3 is 30.5 Å². The van der Waals surface area contributed by atoms with Crippen molar-refractivity contribution in [3.05, 3.63) is 35.9 Å². The molecule has 1 aromatic carbocycles. The number of rotatable bonds is 9. The van der Waals surface area contributed by atoms with Crippen LogP contribution in [0.3, 0.4) is 0 Å². The van der Waals surface area contributed by atoms with E-state index < -0.39 is 18.2 Å². The molecule has 3 fully saturated rings. The van der Waals surface area contributed by atoms with Crippen molar-refractivity contribution in [2.75, 3.05) is 19.7 Å². The van der Waals surface area contributed by atoms with E-state index in [1.807, 2.05) is 30.3 Å². The number of ether oxygens (including phenoxy) is 2. The Balaban J connectivity index is 1.30. The van der Waals surface area contributed by atoms with Gasteiger partial charge in [-0.1, -0.05) is 30.3 Å². The van der Waals surface area contributed by atoms with Crippen LogP contribution >= 0.6 is 0 Å². The molecule has 0 unspecified atom stereocenters. The Morgan fingerprint density at radius 2 is 2.06 bits per heavy atom. The number of alkyl carbamates (subject to hydrolysis) is 1. The van der Waals surface area contributed by atoms with Crippen LogP contribution in [0.5, 0.6) is 0 Å². The number of nitrogens with one attached hydrogen (secondary N) is 3. The van der Waals surface area contributed by atoms with E-state index in [2.05, 4.69) is 16.0 Å². The van der Waals surface area contributed by atoms with Crippen molar-refractivity contribution in [2.24, 2.45) is 5.92 Å². The summed E-state index contributed by atoms with van der Waals surface area (Å²) in [6.07, 6.45) is 3.34. The molecule has 8 heteroatoms. The fourth-order valence-corrected chi connectivity index (χ4v) is 4.93. The SMILES string of the molecule is O=C1CC[C@@H](CNC[C@H](O)[C@H](Cc2ccccc2)NC(=O)O[C@H]2CC[C@H]3OCC[C@@H]23)N1. The molecule has 170 valence electrons. The number of aliphatic hydroxyl groups excluding tert-OH is 1. The van der Waals surface area contributed by atoms with Gasteiger partial charge in [-0.3, -0.25) is 4.79 Å². The molecule has 0 aromatic heterocycles. The smallest absolute Gasteiger partial charge is 0.407 e. The first-order chi connectivity index (χ1) is 15.1. The Bertz CT molecular complexity index is 746. The van der Waals surface area contributed by atoms with Gasteiger partial charge in [0.25, 0.3) is 0 Å². The van der Waals surface area contributed by atoms with Crippen LogP contribution in [0.2, 0.25) is 0 Å². The first-order valence-electron chi connectivity index (χ1n) is 11.4. The lowest BCUT2D eigenvalue weighted by Gasteiger charge is -2.26. The van der Waals surface area contributed by atoms with Gasteiger partial charge >= 0.3 is 6.09 Å². The second-order valence-electron chi connectivity index (χ2n) is 8.85. The zero-order chi connectivity index (χ0) is 21.6. The van der Waals surface area contributed by atoms with Crippen LogP contribution in [0, 0.1) is 5.92 Å². The third-order valence-electron chi connectivity index (χ3n) is 6.63. The summed E-state index contributed by atoms with van der Waals surface area (Å²) in [4.78, 5) is 24.0. The first kappa shape index (κ1) is 22.0. The molecule has 1 saturated carbocycles. The fourth-order valence-electron chi connectivity index (χ4n) is 4.93. The van der Waals surface area contributed by atoms with E-state index in [0.29, 0.717) is 25.9 Å². The third kappa shape index (κ3) is 5.96. The van der Waals surface area contributed by atoms with Crippen molar-refractivity contribution in [3.8, 4) is 0 Å². The van der Waals surface area contributed by atoms with Gasteiger partial charge in [-0.05, 0) is 37.7 Å². The summed E-state index contributed by atoms with van der Waals surface area (Å²) in [5.41, 5.74) is 1.03. The molecule has 3 aliphatic rings. The van der Waals surface area contributed by atoms with Gasteiger partial charge in [0.2, 0.25) is 5.91 Å². The highest BCUT2D eigenvalue weighted by molar-refractivity contribution is 5.78. The highest BCUT2D eigenvalue weighted by Crippen LogP contribution is 2.37. The quantitative estimate of drug-likeness (QED) is 0.467. The van der Waals surface area contributed by atoms with Gasteiger partial charge in [-0.15, -0.1) is 0 Å². The Morgan fingerprint density at radius 3 is 2.84 bits per heavy atom. The van der Waals surface area contributed by atoms with Crippen LogP contribution in [-0.2, 0) is 20.7 Å². The van der Waals surface area contributed by atoms with Crippen molar-refractivity contribution >= 4 is 12.0 Å². The van der Waals surface area contributed by atoms with Gasteiger partial charge in [0.1, 0.15) is 6.10 Å². The lowest BCUT2D eigenvalue weighted by Crippen LogP contribution is -2.50. The largest absolute Gasteiger partial charge is 0.446 e. The molecule has 8 nitrogen and oxygen atoms in total. The van der Waals surface area contributed by atoms with Crippen molar-refractivity contribution in [1.82, 2.24) is 16.0 Å². The second kappa shape index (κ2) is 10.4. The van der Waals surface area contributed by atoms with Crippen LogP contribution in [0.1, 0.15) is 37.7 Å². The first-order valence-corrected chi connectivity index (χ1v) is 11.4. The molecule has 2 saturated heterocycles.